The van der Waals surface area contributed by atoms with Crippen LogP contribution in [0.4, 0.5) is 5.69 Å². The van der Waals surface area contributed by atoms with Gasteiger partial charge in [-0.1, -0.05) is 0 Å². The summed E-state index contributed by atoms with van der Waals surface area (Å²) in [5.41, 5.74) is 1.81. The molecule has 1 aromatic carbocycles. The molecule has 0 aliphatic carbocycles. The number of amides is 1. The maximum absolute atomic E-state index is 12.6. The van der Waals surface area contributed by atoms with E-state index < -0.39 is 0 Å². The Bertz CT molecular complexity index is 665. The number of carbonyl (C=O) groups excluding carboxylic acids is 1. The molecule has 6 heteroatoms. The van der Waals surface area contributed by atoms with Crippen LogP contribution in [0.5, 0.6) is 6.01 Å². The van der Waals surface area contributed by atoms with Gasteiger partial charge in [-0.2, -0.15) is 0 Å². The van der Waals surface area contributed by atoms with E-state index in [-0.39, 0.29) is 12.0 Å². The topological polar surface area (TPSA) is 58.6 Å². The number of hydrogen-bond donors (Lipinski definition) is 0. The van der Waals surface area contributed by atoms with Gasteiger partial charge >= 0.3 is 6.01 Å². The standard InChI is InChI=1S/C18H22N4O2/c1-21(2)15-6-4-14(5-7-15)17(23)22-12-8-16(9-13-22)24-18-19-10-3-11-20-18/h3-7,10-11,16H,8-9,12-13H2,1-2H3. The first kappa shape index (κ1) is 16.2. The quantitative estimate of drug-likeness (QED) is 0.862. The smallest absolute Gasteiger partial charge is 0.316 e. The summed E-state index contributed by atoms with van der Waals surface area (Å²) >= 11 is 0. The lowest BCUT2D eigenvalue weighted by atomic mass is 10.1. The van der Waals surface area contributed by atoms with Gasteiger partial charge < -0.3 is 14.5 Å². The molecule has 0 N–H and O–H groups in total. The Kier molecular flexibility index (Phi) is 4.93. The third-order valence-electron chi connectivity index (χ3n) is 4.17. The molecule has 1 aromatic heterocycles. The fourth-order valence-electron chi connectivity index (χ4n) is 2.76. The molecule has 1 saturated heterocycles. The van der Waals surface area contributed by atoms with Crippen molar-refractivity contribution in [2.45, 2.75) is 18.9 Å². The number of nitrogens with zero attached hydrogens (tertiary/aromatic N) is 4. The minimum atomic E-state index is 0.0626. The Morgan fingerprint density at radius 1 is 1.12 bits per heavy atom. The van der Waals surface area contributed by atoms with Crippen LogP contribution in [0.1, 0.15) is 23.2 Å². The molecule has 1 aliphatic rings. The van der Waals surface area contributed by atoms with E-state index in [1.807, 2.05) is 48.2 Å². The highest BCUT2D eigenvalue weighted by molar-refractivity contribution is 5.94. The molecule has 24 heavy (non-hydrogen) atoms. The third kappa shape index (κ3) is 3.82. The Morgan fingerprint density at radius 3 is 2.33 bits per heavy atom. The van der Waals surface area contributed by atoms with Crippen molar-refractivity contribution >= 4 is 11.6 Å². The lowest BCUT2D eigenvalue weighted by molar-refractivity contribution is 0.0578. The first-order valence-electron chi connectivity index (χ1n) is 8.14. The molecule has 1 fully saturated rings. The second kappa shape index (κ2) is 7.29. The van der Waals surface area contributed by atoms with Gasteiger partial charge in [-0.3, -0.25) is 4.79 Å². The van der Waals surface area contributed by atoms with Crippen molar-refractivity contribution < 1.29 is 9.53 Å². The maximum atomic E-state index is 12.6. The number of rotatable bonds is 4. The highest BCUT2D eigenvalue weighted by Crippen LogP contribution is 2.19. The second-order valence-corrected chi connectivity index (χ2v) is 6.08. The molecule has 0 bridgehead atoms. The zero-order valence-electron chi connectivity index (χ0n) is 14.1. The van der Waals surface area contributed by atoms with E-state index in [0.717, 1.165) is 24.1 Å². The van der Waals surface area contributed by atoms with E-state index in [4.69, 9.17) is 4.74 Å². The van der Waals surface area contributed by atoms with Crippen LogP contribution in [-0.2, 0) is 0 Å². The highest BCUT2D eigenvalue weighted by atomic mass is 16.5. The van der Waals surface area contributed by atoms with E-state index in [0.29, 0.717) is 19.1 Å². The van der Waals surface area contributed by atoms with Crippen molar-refractivity contribution in [1.29, 1.82) is 0 Å². The predicted molar refractivity (Wildman–Crippen MR) is 92.4 cm³/mol. The Balaban J connectivity index is 1.55. The molecule has 1 amide bonds. The fourth-order valence-corrected chi connectivity index (χ4v) is 2.76. The van der Waals surface area contributed by atoms with Gasteiger partial charge in [0.1, 0.15) is 6.10 Å². The summed E-state index contributed by atoms with van der Waals surface area (Å²) in [6.07, 6.45) is 4.98. The van der Waals surface area contributed by atoms with E-state index >= 15 is 0 Å². The number of ether oxygens (including phenoxy) is 1. The van der Waals surface area contributed by atoms with Gasteiger partial charge in [-0.15, -0.1) is 0 Å². The molecule has 0 saturated carbocycles. The summed E-state index contributed by atoms with van der Waals surface area (Å²) in [6, 6.07) is 9.87. The van der Waals surface area contributed by atoms with Crippen molar-refractivity contribution in [2.24, 2.45) is 0 Å². The summed E-state index contributed by atoms with van der Waals surface area (Å²) in [6.45, 7) is 1.37. The number of hydrogen-bond acceptors (Lipinski definition) is 5. The van der Waals surface area contributed by atoms with Gasteiger partial charge in [0.05, 0.1) is 0 Å². The first-order chi connectivity index (χ1) is 11.6. The molecule has 6 nitrogen and oxygen atoms in total. The zero-order chi connectivity index (χ0) is 16.9. The number of piperidine rings is 1. The van der Waals surface area contributed by atoms with Crippen LogP contribution in [0.3, 0.4) is 0 Å². The van der Waals surface area contributed by atoms with Crippen LogP contribution < -0.4 is 9.64 Å². The summed E-state index contributed by atoms with van der Waals surface area (Å²) in [7, 11) is 3.97. The number of benzene rings is 1. The van der Waals surface area contributed by atoms with Gasteiger partial charge in [-0.05, 0) is 30.3 Å². The first-order valence-corrected chi connectivity index (χ1v) is 8.14. The molecule has 126 valence electrons. The Labute approximate surface area is 142 Å². The number of likely N-dealkylation sites (tertiary alicyclic amines) is 1. The van der Waals surface area contributed by atoms with E-state index in [2.05, 4.69) is 9.97 Å². The fraction of sp³-hybridized carbons (Fsp3) is 0.389. The minimum absolute atomic E-state index is 0.0626. The molecular formula is C18H22N4O2. The van der Waals surface area contributed by atoms with Crippen LogP contribution in [0.15, 0.2) is 42.7 Å². The molecule has 2 heterocycles. The van der Waals surface area contributed by atoms with Gasteiger partial charge in [0, 0.05) is 63.7 Å². The molecule has 0 atom stereocenters. The summed E-state index contributed by atoms with van der Waals surface area (Å²) in [4.78, 5) is 24.7. The Hall–Kier alpha value is -2.63. The molecule has 0 spiro atoms. The molecule has 1 aliphatic heterocycles. The monoisotopic (exact) mass is 326 g/mol. The van der Waals surface area contributed by atoms with Gasteiger partial charge in [-0.25, -0.2) is 9.97 Å². The van der Waals surface area contributed by atoms with Crippen LogP contribution in [-0.4, -0.2) is 54.1 Å². The molecular weight excluding hydrogens is 304 g/mol. The minimum Gasteiger partial charge on any atom is -0.460 e. The predicted octanol–water partition coefficient (Wildman–Crippen LogP) is 2.23. The van der Waals surface area contributed by atoms with Crippen molar-refractivity contribution in [3.63, 3.8) is 0 Å². The maximum Gasteiger partial charge on any atom is 0.316 e. The van der Waals surface area contributed by atoms with E-state index in [1.54, 1.807) is 18.5 Å². The van der Waals surface area contributed by atoms with Crippen molar-refractivity contribution in [3.8, 4) is 6.01 Å². The third-order valence-corrected chi connectivity index (χ3v) is 4.17. The lowest BCUT2D eigenvalue weighted by Crippen LogP contribution is -2.41. The van der Waals surface area contributed by atoms with Crippen molar-refractivity contribution in [2.75, 3.05) is 32.1 Å². The van der Waals surface area contributed by atoms with Gasteiger partial charge in [0.15, 0.2) is 0 Å². The molecule has 2 aromatic rings. The molecule has 0 radical (unpaired) electrons. The van der Waals surface area contributed by atoms with Crippen molar-refractivity contribution in [1.82, 2.24) is 14.9 Å². The average Bonchev–Trinajstić information content (AvgIpc) is 2.63. The highest BCUT2D eigenvalue weighted by Gasteiger charge is 2.25. The van der Waals surface area contributed by atoms with E-state index in [9.17, 15) is 4.79 Å². The average molecular weight is 326 g/mol. The Morgan fingerprint density at radius 2 is 1.75 bits per heavy atom. The number of aromatic nitrogens is 2. The summed E-state index contributed by atoms with van der Waals surface area (Å²) in [5, 5.41) is 0. The van der Waals surface area contributed by atoms with Crippen LogP contribution in [0.2, 0.25) is 0 Å². The van der Waals surface area contributed by atoms with Gasteiger partial charge in [0.2, 0.25) is 0 Å². The van der Waals surface area contributed by atoms with Crippen LogP contribution in [0, 0.1) is 0 Å². The number of carbonyl (C=O) groups is 1. The number of anilines is 1. The molecule has 0 unspecified atom stereocenters. The zero-order valence-corrected chi connectivity index (χ0v) is 14.1. The summed E-state index contributed by atoms with van der Waals surface area (Å²) in [5.74, 6) is 0.0784. The second-order valence-electron chi connectivity index (χ2n) is 6.08. The van der Waals surface area contributed by atoms with Crippen LogP contribution >= 0.6 is 0 Å². The summed E-state index contributed by atoms with van der Waals surface area (Å²) < 4.78 is 5.77. The van der Waals surface area contributed by atoms with Gasteiger partial charge in [0.25, 0.3) is 5.91 Å². The lowest BCUT2D eigenvalue weighted by Gasteiger charge is -2.31. The molecule has 3 rings (SSSR count). The van der Waals surface area contributed by atoms with E-state index in [1.165, 1.54) is 0 Å². The normalized spacial score (nSPS) is 15.2. The largest absolute Gasteiger partial charge is 0.460 e. The SMILES string of the molecule is CN(C)c1ccc(C(=O)N2CCC(Oc3ncccn3)CC2)cc1. The van der Waals surface area contributed by atoms with Crippen LogP contribution in [0.25, 0.3) is 0 Å². The van der Waals surface area contributed by atoms with Crippen molar-refractivity contribution in [3.05, 3.63) is 48.3 Å².